The first-order valence-electron chi connectivity index (χ1n) is 13.3. The Kier molecular flexibility index (Phi) is 8.83. The van der Waals surface area contributed by atoms with E-state index < -0.39 is 22.8 Å². The average molecular weight is 622 g/mol. The lowest BCUT2D eigenvalue weighted by Gasteiger charge is -2.32. The minimum absolute atomic E-state index is 0.0167. The zero-order valence-electron chi connectivity index (χ0n) is 24.1. The summed E-state index contributed by atoms with van der Waals surface area (Å²) >= 11 is 3.52. The zero-order chi connectivity index (χ0) is 29.9. The highest BCUT2D eigenvalue weighted by atomic mass is 79.9. The summed E-state index contributed by atoms with van der Waals surface area (Å²) in [5.74, 6) is -0.874. The van der Waals surface area contributed by atoms with Crippen molar-refractivity contribution in [3.8, 4) is 17.0 Å². The quantitative estimate of drug-likeness (QED) is 0.206. The average Bonchev–Trinajstić information content (AvgIpc) is 2.91. The number of aromatic nitrogens is 1. The lowest BCUT2D eigenvalue weighted by molar-refractivity contribution is -0.156. The largest absolute Gasteiger partial charge is 0.496 e. The third-order valence-electron chi connectivity index (χ3n) is 6.87. The van der Waals surface area contributed by atoms with Gasteiger partial charge in [-0.3, -0.25) is 9.59 Å². The number of amides is 1. The van der Waals surface area contributed by atoms with Crippen LogP contribution in [0.4, 0.5) is 4.39 Å². The van der Waals surface area contributed by atoms with E-state index >= 15 is 0 Å². The maximum absolute atomic E-state index is 14.5. The van der Waals surface area contributed by atoms with Crippen molar-refractivity contribution < 1.29 is 23.5 Å². The van der Waals surface area contributed by atoms with Crippen LogP contribution in [0.15, 0.2) is 71.2 Å². The first-order valence-corrected chi connectivity index (χ1v) is 14.1. The molecule has 1 unspecified atom stereocenters. The number of benzene rings is 3. The molecule has 214 valence electrons. The summed E-state index contributed by atoms with van der Waals surface area (Å²) in [7, 11) is 1.48. The monoisotopic (exact) mass is 620 g/mol. The first-order chi connectivity index (χ1) is 19.3. The van der Waals surface area contributed by atoms with Crippen molar-refractivity contribution in [2.24, 2.45) is 0 Å². The van der Waals surface area contributed by atoms with Gasteiger partial charge in [0.2, 0.25) is 0 Å². The van der Waals surface area contributed by atoms with Crippen LogP contribution in [0.5, 0.6) is 5.75 Å². The third kappa shape index (κ3) is 6.93. The molecule has 1 heterocycles. The van der Waals surface area contributed by atoms with E-state index in [-0.39, 0.29) is 18.9 Å². The van der Waals surface area contributed by atoms with Crippen molar-refractivity contribution in [3.63, 3.8) is 0 Å². The van der Waals surface area contributed by atoms with Gasteiger partial charge in [0.15, 0.2) is 0 Å². The summed E-state index contributed by atoms with van der Waals surface area (Å²) in [5, 5.41) is 3.73. The molecule has 41 heavy (non-hydrogen) atoms. The van der Waals surface area contributed by atoms with Crippen molar-refractivity contribution in [1.82, 2.24) is 10.3 Å². The molecule has 3 aromatic carbocycles. The van der Waals surface area contributed by atoms with Gasteiger partial charge in [-0.15, -0.1) is 0 Å². The second-order valence-electron chi connectivity index (χ2n) is 11.3. The fourth-order valence-corrected chi connectivity index (χ4v) is 5.33. The van der Waals surface area contributed by atoms with Crippen molar-refractivity contribution in [3.05, 3.63) is 93.7 Å². The molecule has 1 N–H and O–H groups in total. The molecule has 6 nitrogen and oxygen atoms in total. The van der Waals surface area contributed by atoms with Gasteiger partial charge in [-0.2, -0.15) is 0 Å². The van der Waals surface area contributed by atoms with Gasteiger partial charge in [0.25, 0.3) is 5.91 Å². The maximum atomic E-state index is 14.5. The SMILES string of the molecule is COc1ccc(F)cc1C(C)(CNC(=O)c1c(C)c(-c2ccccc2)nc2ccc(Br)cc12)CC(=O)OC(C)(C)C. The number of hydrogen-bond donors (Lipinski definition) is 1. The number of carbonyl (C=O) groups excluding carboxylic acids is 2. The second-order valence-corrected chi connectivity index (χ2v) is 12.3. The molecular weight excluding hydrogens is 587 g/mol. The number of carbonyl (C=O) groups is 2. The summed E-state index contributed by atoms with van der Waals surface area (Å²) in [6.07, 6.45) is -0.110. The van der Waals surface area contributed by atoms with Crippen LogP contribution in [0.2, 0.25) is 0 Å². The van der Waals surface area contributed by atoms with Gasteiger partial charge in [-0.25, -0.2) is 9.37 Å². The molecule has 0 bridgehead atoms. The van der Waals surface area contributed by atoms with Crippen LogP contribution >= 0.6 is 15.9 Å². The number of rotatable bonds is 8. The number of esters is 1. The molecule has 8 heteroatoms. The van der Waals surface area contributed by atoms with Gasteiger partial charge in [-0.1, -0.05) is 53.2 Å². The molecule has 0 saturated heterocycles. The number of pyridine rings is 1. The summed E-state index contributed by atoms with van der Waals surface area (Å²) < 4.78 is 26.4. The Bertz CT molecular complexity index is 1600. The summed E-state index contributed by atoms with van der Waals surface area (Å²) in [6, 6.07) is 19.5. The van der Waals surface area contributed by atoms with Gasteiger partial charge in [-0.05, 0) is 69.7 Å². The Labute approximate surface area is 248 Å². The smallest absolute Gasteiger partial charge is 0.307 e. The fraction of sp³-hybridized carbons (Fsp3) is 0.303. The number of ether oxygens (including phenoxy) is 2. The summed E-state index contributed by atoms with van der Waals surface area (Å²) in [6.45, 7) is 9.03. The first kappa shape index (κ1) is 30.2. The van der Waals surface area contributed by atoms with Gasteiger partial charge in [0.05, 0.1) is 30.3 Å². The highest BCUT2D eigenvalue weighted by Crippen LogP contribution is 2.37. The van der Waals surface area contributed by atoms with Crippen LogP contribution in [0.1, 0.15) is 55.6 Å². The van der Waals surface area contributed by atoms with E-state index in [1.165, 1.54) is 25.3 Å². The minimum Gasteiger partial charge on any atom is -0.496 e. The number of nitrogens with zero attached hydrogens (tertiary/aromatic N) is 1. The Morgan fingerprint density at radius 1 is 1.00 bits per heavy atom. The lowest BCUT2D eigenvalue weighted by atomic mass is 9.78. The Morgan fingerprint density at radius 2 is 1.71 bits per heavy atom. The van der Waals surface area contributed by atoms with E-state index in [0.29, 0.717) is 33.5 Å². The van der Waals surface area contributed by atoms with Crippen LogP contribution in [0, 0.1) is 12.7 Å². The van der Waals surface area contributed by atoms with E-state index in [1.807, 2.05) is 55.5 Å². The minimum atomic E-state index is -1.05. The number of hydrogen-bond acceptors (Lipinski definition) is 5. The van der Waals surface area contributed by atoms with E-state index in [2.05, 4.69) is 21.2 Å². The highest BCUT2D eigenvalue weighted by Gasteiger charge is 2.36. The summed E-state index contributed by atoms with van der Waals surface area (Å²) in [5.41, 5.74) is 2.16. The van der Waals surface area contributed by atoms with E-state index in [9.17, 15) is 14.0 Å². The predicted octanol–water partition coefficient (Wildman–Crippen LogP) is 7.54. The molecule has 0 aliphatic rings. The molecule has 1 amide bonds. The highest BCUT2D eigenvalue weighted by molar-refractivity contribution is 9.10. The van der Waals surface area contributed by atoms with E-state index in [4.69, 9.17) is 14.5 Å². The molecule has 4 rings (SSSR count). The molecule has 4 aromatic rings. The zero-order valence-corrected chi connectivity index (χ0v) is 25.7. The van der Waals surface area contributed by atoms with Crippen molar-refractivity contribution >= 4 is 38.7 Å². The van der Waals surface area contributed by atoms with Crippen LogP contribution in [-0.4, -0.2) is 36.1 Å². The Balaban J connectivity index is 1.77. The summed E-state index contributed by atoms with van der Waals surface area (Å²) in [4.78, 5) is 31.9. The van der Waals surface area contributed by atoms with Crippen LogP contribution in [0.3, 0.4) is 0 Å². The third-order valence-corrected chi connectivity index (χ3v) is 7.36. The van der Waals surface area contributed by atoms with E-state index in [0.717, 1.165) is 15.6 Å². The van der Waals surface area contributed by atoms with Gasteiger partial charge < -0.3 is 14.8 Å². The maximum Gasteiger partial charge on any atom is 0.307 e. The normalized spacial score (nSPS) is 13.0. The van der Waals surface area contributed by atoms with Gasteiger partial charge in [0.1, 0.15) is 17.2 Å². The number of methoxy groups -OCH3 is 1. The lowest BCUT2D eigenvalue weighted by Crippen LogP contribution is -2.42. The molecule has 0 aliphatic carbocycles. The van der Waals surface area contributed by atoms with Crippen molar-refractivity contribution in [2.75, 3.05) is 13.7 Å². The second kappa shape index (κ2) is 12.0. The molecule has 0 aliphatic heterocycles. The molecule has 0 radical (unpaired) electrons. The molecule has 1 atom stereocenters. The molecule has 0 spiro atoms. The van der Waals surface area contributed by atoms with Crippen molar-refractivity contribution in [2.45, 2.75) is 52.1 Å². The fourth-order valence-electron chi connectivity index (χ4n) is 4.97. The van der Waals surface area contributed by atoms with Gasteiger partial charge >= 0.3 is 5.97 Å². The topological polar surface area (TPSA) is 77.5 Å². The Morgan fingerprint density at radius 3 is 2.37 bits per heavy atom. The molecular formula is C33H34BrFN2O4. The molecule has 0 fully saturated rings. The van der Waals surface area contributed by atoms with Crippen LogP contribution in [-0.2, 0) is 14.9 Å². The van der Waals surface area contributed by atoms with Gasteiger partial charge in [0, 0.05) is 32.9 Å². The Hall–Kier alpha value is -3.78. The number of fused-ring (bicyclic) bond motifs is 1. The van der Waals surface area contributed by atoms with Crippen LogP contribution < -0.4 is 10.1 Å². The number of nitrogens with one attached hydrogen (secondary N) is 1. The standard InChI is InChI=1S/C33H34BrFN2O4/c1-20-29(24-16-22(34)12-14-26(24)37-30(20)21-10-8-7-9-11-21)31(39)36-19-33(5,18-28(38)41-32(2,3)4)25-17-23(35)13-15-27(25)40-6/h7-17H,18-19H2,1-6H3,(H,36,39). The van der Waals surface area contributed by atoms with E-state index in [1.54, 1.807) is 27.7 Å². The van der Waals surface area contributed by atoms with Crippen LogP contribution in [0.25, 0.3) is 22.2 Å². The number of halogens is 2. The predicted molar refractivity (Wildman–Crippen MR) is 163 cm³/mol. The van der Waals surface area contributed by atoms with Crippen molar-refractivity contribution in [1.29, 1.82) is 0 Å². The molecule has 0 saturated carbocycles. The molecule has 1 aromatic heterocycles.